The summed E-state index contributed by atoms with van der Waals surface area (Å²) in [5.74, 6) is 0.671. The normalized spacial score (nSPS) is 17.2. The number of hydrogen-bond acceptors (Lipinski definition) is 4. The Bertz CT molecular complexity index is 530. The third-order valence-electron chi connectivity index (χ3n) is 3.16. The van der Waals surface area contributed by atoms with Crippen LogP contribution in [0.4, 0.5) is 5.69 Å². The van der Waals surface area contributed by atoms with Gasteiger partial charge in [0.15, 0.2) is 11.5 Å². The van der Waals surface area contributed by atoms with Gasteiger partial charge in [-0.1, -0.05) is 0 Å². The molecule has 0 radical (unpaired) electrons. The summed E-state index contributed by atoms with van der Waals surface area (Å²) in [6.07, 6.45) is 0.237. The molecule has 1 atom stereocenters. The zero-order chi connectivity index (χ0) is 15.2. The monoisotopic (exact) mass is 292 g/mol. The highest BCUT2D eigenvalue weighted by atomic mass is 16.5. The van der Waals surface area contributed by atoms with Gasteiger partial charge in [-0.05, 0) is 26.0 Å². The second-order valence-electron chi connectivity index (χ2n) is 4.72. The van der Waals surface area contributed by atoms with Crippen LogP contribution in [0.25, 0.3) is 0 Å². The highest BCUT2D eigenvalue weighted by molar-refractivity contribution is 5.97. The lowest BCUT2D eigenvalue weighted by Gasteiger charge is -2.14. The van der Waals surface area contributed by atoms with Gasteiger partial charge in [-0.3, -0.25) is 9.59 Å². The van der Waals surface area contributed by atoms with Crippen molar-refractivity contribution < 1.29 is 19.1 Å². The van der Waals surface area contributed by atoms with E-state index < -0.39 is 0 Å². The predicted octanol–water partition coefficient (Wildman–Crippen LogP) is 1.56. The van der Waals surface area contributed by atoms with Crippen LogP contribution in [0.2, 0.25) is 0 Å². The van der Waals surface area contributed by atoms with Crippen molar-refractivity contribution in [3.05, 3.63) is 18.2 Å². The Morgan fingerprint density at radius 2 is 2.00 bits per heavy atom. The molecule has 0 aliphatic carbocycles. The van der Waals surface area contributed by atoms with E-state index in [0.717, 1.165) is 0 Å². The van der Waals surface area contributed by atoms with Gasteiger partial charge in [0.05, 0.1) is 19.1 Å². The quantitative estimate of drug-likeness (QED) is 0.834. The summed E-state index contributed by atoms with van der Waals surface area (Å²) in [5, 5.41) is 5.46. The van der Waals surface area contributed by atoms with Crippen molar-refractivity contribution in [2.75, 3.05) is 25.1 Å². The van der Waals surface area contributed by atoms with Crippen LogP contribution in [0.1, 0.15) is 20.3 Å². The first-order chi connectivity index (χ1) is 10.1. The number of benzene rings is 1. The van der Waals surface area contributed by atoms with Crippen molar-refractivity contribution in [2.45, 2.75) is 20.3 Å². The fraction of sp³-hybridized carbons (Fsp3) is 0.467. The summed E-state index contributed by atoms with van der Waals surface area (Å²) in [6, 6.07) is 5.26. The van der Waals surface area contributed by atoms with Crippen LogP contribution in [0, 0.1) is 5.92 Å². The van der Waals surface area contributed by atoms with Gasteiger partial charge < -0.3 is 20.1 Å². The van der Waals surface area contributed by atoms with E-state index in [1.54, 1.807) is 18.2 Å². The van der Waals surface area contributed by atoms with Gasteiger partial charge in [0, 0.05) is 24.7 Å². The van der Waals surface area contributed by atoms with Crippen LogP contribution in [0.3, 0.4) is 0 Å². The number of nitrogens with one attached hydrogen (secondary N) is 2. The first kappa shape index (κ1) is 15.2. The van der Waals surface area contributed by atoms with Crippen LogP contribution in [-0.2, 0) is 9.59 Å². The van der Waals surface area contributed by atoms with Gasteiger partial charge in [-0.15, -0.1) is 0 Å². The van der Waals surface area contributed by atoms with Crippen LogP contribution >= 0.6 is 0 Å². The Morgan fingerprint density at radius 3 is 2.62 bits per heavy atom. The lowest BCUT2D eigenvalue weighted by molar-refractivity contribution is -0.123. The molecule has 114 valence electrons. The van der Waals surface area contributed by atoms with Gasteiger partial charge >= 0.3 is 0 Å². The number of carbonyl (C=O) groups excluding carboxylic acids is 2. The summed E-state index contributed by atoms with van der Waals surface area (Å²) in [7, 11) is 0. The van der Waals surface area contributed by atoms with Crippen molar-refractivity contribution >= 4 is 17.5 Å². The highest BCUT2D eigenvalue weighted by Crippen LogP contribution is 2.31. The zero-order valence-electron chi connectivity index (χ0n) is 12.3. The van der Waals surface area contributed by atoms with E-state index in [-0.39, 0.29) is 24.2 Å². The molecule has 1 aromatic rings. The Labute approximate surface area is 123 Å². The van der Waals surface area contributed by atoms with Crippen molar-refractivity contribution in [3.63, 3.8) is 0 Å². The molecule has 1 aliphatic rings. The lowest BCUT2D eigenvalue weighted by atomic mass is 10.1. The van der Waals surface area contributed by atoms with Crippen LogP contribution in [-0.4, -0.2) is 31.6 Å². The van der Waals surface area contributed by atoms with Crippen molar-refractivity contribution in [1.29, 1.82) is 0 Å². The fourth-order valence-corrected chi connectivity index (χ4v) is 2.16. The maximum absolute atomic E-state index is 12.1. The number of carbonyl (C=O) groups is 2. The first-order valence-electron chi connectivity index (χ1n) is 7.11. The molecule has 1 saturated heterocycles. The maximum atomic E-state index is 12.1. The first-order valence-corrected chi connectivity index (χ1v) is 7.11. The molecule has 1 unspecified atom stereocenters. The lowest BCUT2D eigenvalue weighted by Crippen LogP contribution is -2.24. The third-order valence-corrected chi connectivity index (χ3v) is 3.16. The molecule has 1 aliphatic heterocycles. The molecule has 6 heteroatoms. The SMILES string of the molecule is CCOc1ccc(NC(=O)C2CNC(=O)C2)cc1OCC. The number of amides is 2. The Hall–Kier alpha value is -2.24. The van der Waals surface area contributed by atoms with Crippen LogP contribution in [0.5, 0.6) is 11.5 Å². The second-order valence-corrected chi connectivity index (χ2v) is 4.72. The second kappa shape index (κ2) is 6.97. The molecule has 1 fully saturated rings. The van der Waals surface area contributed by atoms with Gasteiger partial charge in [0.1, 0.15) is 0 Å². The third kappa shape index (κ3) is 3.87. The molecule has 2 rings (SSSR count). The minimum absolute atomic E-state index is 0.0863. The molecule has 0 bridgehead atoms. The van der Waals surface area contributed by atoms with E-state index in [9.17, 15) is 9.59 Å². The number of anilines is 1. The largest absolute Gasteiger partial charge is 0.490 e. The minimum Gasteiger partial charge on any atom is -0.490 e. The molecule has 0 saturated carbocycles. The van der Waals surface area contributed by atoms with Gasteiger partial charge in [-0.2, -0.15) is 0 Å². The van der Waals surface area contributed by atoms with Crippen LogP contribution < -0.4 is 20.1 Å². The molecule has 1 aromatic carbocycles. The summed E-state index contributed by atoms with van der Waals surface area (Å²) < 4.78 is 11.0. The summed E-state index contributed by atoms with van der Waals surface area (Å²) in [6.45, 7) is 5.23. The summed E-state index contributed by atoms with van der Waals surface area (Å²) in [4.78, 5) is 23.2. The number of rotatable bonds is 6. The standard InChI is InChI=1S/C15H20N2O4/c1-3-20-12-6-5-11(8-13(12)21-4-2)17-15(19)10-7-14(18)16-9-10/h5-6,8,10H,3-4,7,9H2,1-2H3,(H,16,18)(H,17,19). The Morgan fingerprint density at radius 1 is 1.29 bits per heavy atom. The number of hydrogen-bond donors (Lipinski definition) is 2. The summed E-state index contributed by atoms with van der Waals surface area (Å²) >= 11 is 0. The Kier molecular flexibility index (Phi) is 5.03. The molecular weight excluding hydrogens is 272 g/mol. The Balaban J connectivity index is 2.07. The van der Waals surface area contributed by atoms with E-state index in [4.69, 9.17) is 9.47 Å². The molecule has 6 nitrogen and oxygen atoms in total. The molecule has 0 aromatic heterocycles. The molecule has 1 heterocycles. The predicted molar refractivity (Wildman–Crippen MR) is 78.5 cm³/mol. The smallest absolute Gasteiger partial charge is 0.229 e. The van der Waals surface area contributed by atoms with Crippen molar-refractivity contribution in [3.8, 4) is 11.5 Å². The van der Waals surface area contributed by atoms with E-state index in [1.807, 2.05) is 13.8 Å². The summed E-state index contributed by atoms with van der Waals surface area (Å²) in [5.41, 5.74) is 0.631. The van der Waals surface area contributed by atoms with Gasteiger partial charge in [0.2, 0.25) is 11.8 Å². The van der Waals surface area contributed by atoms with E-state index in [0.29, 0.717) is 36.9 Å². The fourth-order valence-electron chi connectivity index (χ4n) is 2.16. The molecular formula is C15H20N2O4. The topological polar surface area (TPSA) is 76.7 Å². The van der Waals surface area contributed by atoms with Crippen LogP contribution in [0.15, 0.2) is 18.2 Å². The number of ether oxygens (including phenoxy) is 2. The molecule has 2 N–H and O–H groups in total. The maximum Gasteiger partial charge on any atom is 0.229 e. The van der Waals surface area contributed by atoms with E-state index in [1.165, 1.54) is 0 Å². The van der Waals surface area contributed by atoms with E-state index >= 15 is 0 Å². The zero-order valence-corrected chi connectivity index (χ0v) is 12.3. The average Bonchev–Trinajstić information content (AvgIpc) is 2.89. The minimum atomic E-state index is -0.320. The van der Waals surface area contributed by atoms with Gasteiger partial charge in [-0.25, -0.2) is 0 Å². The van der Waals surface area contributed by atoms with Crippen molar-refractivity contribution in [2.24, 2.45) is 5.92 Å². The molecule has 2 amide bonds. The highest BCUT2D eigenvalue weighted by Gasteiger charge is 2.28. The average molecular weight is 292 g/mol. The van der Waals surface area contributed by atoms with Crippen molar-refractivity contribution in [1.82, 2.24) is 5.32 Å². The van der Waals surface area contributed by atoms with E-state index in [2.05, 4.69) is 10.6 Å². The van der Waals surface area contributed by atoms with Gasteiger partial charge in [0.25, 0.3) is 0 Å². The molecule has 0 spiro atoms. The molecule has 21 heavy (non-hydrogen) atoms.